The van der Waals surface area contributed by atoms with Crippen molar-refractivity contribution in [2.75, 3.05) is 0 Å². The van der Waals surface area contributed by atoms with Crippen molar-refractivity contribution in [1.82, 2.24) is 0 Å². The van der Waals surface area contributed by atoms with Gasteiger partial charge in [-0.05, 0) is 6.07 Å². The average Bonchev–Trinajstić information content (AvgIpc) is 2.45. The minimum atomic E-state index is -5.58. The maximum Gasteiger partial charge on any atom is 0.417 e. The second-order valence-corrected chi connectivity index (χ2v) is 4.66. The Morgan fingerprint density at radius 2 is 1.04 bits per heavy atom. The van der Waals surface area contributed by atoms with Crippen LogP contribution in [-0.4, -0.2) is 0 Å². The summed E-state index contributed by atoms with van der Waals surface area (Å²) >= 11 is 0. The van der Waals surface area contributed by atoms with Crippen LogP contribution >= 0.6 is 0 Å². The SMILES string of the molecule is FC(F)(F)c1cccc(C(F)(F)c2ccccc2)c1C(F)(F)F. The van der Waals surface area contributed by atoms with E-state index in [4.69, 9.17) is 0 Å². The lowest BCUT2D eigenvalue weighted by atomic mass is 9.92. The Labute approximate surface area is 125 Å². The van der Waals surface area contributed by atoms with Gasteiger partial charge in [0.15, 0.2) is 0 Å². The fourth-order valence-corrected chi connectivity index (χ4v) is 2.16. The first kappa shape index (κ1) is 17.2. The highest BCUT2D eigenvalue weighted by Crippen LogP contribution is 2.47. The van der Waals surface area contributed by atoms with E-state index in [2.05, 4.69) is 0 Å². The molecule has 0 unspecified atom stereocenters. The van der Waals surface area contributed by atoms with Gasteiger partial charge >= 0.3 is 12.4 Å². The zero-order chi connectivity index (χ0) is 17.5. The summed E-state index contributed by atoms with van der Waals surface area (Å²) in [7, 11) is 0. The predicted molar refractivity (Wildman–Crippen MR) is 65.9 cm³/mol. The molecule has 0 saturated heterocycles. The maximum absolute atomic E-state index is 14.4. The Morgan fingerprint density at radius 1 is 0.522 bits per heavy atom. The van der Waals surface area contributed by atoms with E-state index in [-0.39, 0.29) is 6.07 Å². The minimum Gasteiger partial charge on any atom is -0.196 e. The molecule has 0 saturated carbocycles. The van der Waals surface area contributed by atoms with Crippen molar-refractivity contribution in [3.8, 4) is 0 Å². The fourth-order valence-electron chi connectivity index (χ4n) is 2.16. The monoisotopic (exact) mass is 340 g/mol. The Bertz CT molecular complexity index is 683. The van der Waals surface area contributed by atoms with Gasteiger partial charge < -0.3 is 0 Å². The molecule has 0 N–H and O–H groups in total. The van der Waals surface area contributed by atoms with Crippen molar-refractivity contribution in [2.45, 2.75) is 18.3 Å². The molecule has 124 valence electrons. The first-order valence-electron chi connectivity index (χ1n) is 6.17. The lowest BCUT2D eigenvalue weighted by Gasteiger charge is -2.24. The summed E-state index contributed by atoms with van der Waals surface area (Å²) in [5.74, 6) is -4.23. The van der Waals surface area contributed by atoms with Crippen molar-refractivity contribution in [3.05, 3.63) is 70.8 Å². The molecule has 0 radical (unpaired) electrons. The van der Waals surface area contributed by atoms with E-state index in [1.165, 1.54) is 6.07 Å². The molecule has 0 bridgehead atoms. The summed E-state index contributed by atoms with van der Waals surface area (Å²) in [5.41, 5.74) is -7.07. The van der Waals surface area contributed by atoms with E-state index in [1.807, 2.05) is 0 Å². The molecule has 0 nitrogen and oxygen atoms in total. The highest BCUT2D eigenvalue weighted by Gasteiger charge is 2.49. The summed E-state index contributed by atoms with van der Waals surface area (Å²) in [6, 6.07) is 6.38. The second kappa shape index (κ2) is 5.50. The third kappa shape index (κ3) is 3.30. The molecule has 0 aliphatic heterocycles. The predicted octanol–water partition coefficient (Wildman–Crippen LogP) is 5.86. The molecule has 0 heterocycles. The standard InChI is InChI=1S/C15H8F8/c16-13(17,9-5-2-1-3-6-9)10-7-4-8-11(14(18,19)20)12(10)15(21,22)23/h1-8H. The van der Waals surface area contributed by atoms with Gasteiger partial charge in [-0.2, -0.15) is 35.1 Å². The minimum absolute atomic E-state index is 0.132. The number of rotatable bonds is 2. The van der Waals surface area contributed by atoms with E-state index in [0.717, 1.165) is 24.3 Å². The van der Waals surface area contributed by atoms with Gasteiger partial charge in [-0.15, -0.1) is 0 Å². The Hall–Kier alpha value is -2.12. The molecular weight excluding hydrogens is 332 g/mol. The van der Waals surface area contributed by atoms with E-state index in [9.17, 15) is 35.1 Å². The maximum atomic E-state index is 14.4. The summed E-state index contributed by atoms with van der Waals surface area (Å²) in [6.07, 6.45) is -11.0. The first-order chi connectivity index (χ1) is 10.5. The van der Waals surface area contributed by atoms with Gasteiger partial charge in [0.2, 0.25) is 0 Å². The highest BCUT2D eigenvalue weighted by atomic mass is 19.4. The van der Waals surface area contributed by atoms with Crippen molar-refractivity contribution >= 4 is 0 Å². The van der Waals surface area contributed by atoms with Gasteiger partial charge in [0.1, 0.15) is 0 Å². The molecule has 2 rings (SSSR count). The smallest absolute Gasteiger partial charge is 0.196 e. The van der Waals surface area contributed by atoms with Crippen LogP contribution in [0.2, 0.25) is 0 Å². The molecule has 0 atom stereocenters. The van der Waals surface area contributed by atoms with Crippen LogP contribution < -0.4 is 0 Å². The van der Waals surface area contributed by atoms with Crippen LogP contribution in [0, 0.1) is 0 Å². The van der Waals surface area contributed by atoms with Crippen LogP contribution in [0.3, 0.4) is 0 Å². The zero-order valence-corrected chi connectivity index (χ0v) is 11.1. The molecule has 2 aromatic carbocycles. The van der Waals surface area contributed by atoms with Crippen molar-refractivity contribution in [1.29, 1.82) is 0 Å². The normalized spacial score (nSPS) is 13.2. The van der Waals surface area contributed by atoms with Gasteiger partial charge in [0.25, 0.3) is 5.92 Å². The van der Waals surface area contributed by atoms with E-state index in [1.54, 1.807) is 0 Å². The highest BCUT2D eigenvalue weighted by molar-refractivity contribution is 5.45. The first-order valence-corrected chi connectivity index (χ1v) is 6.17. The Morgan fingerprint density at radius 3 is 1.52 bits per heavy atom. The van der Waals surface area contributed by atoms with Gasteiger partial charge in [-0.25, -0.2) is 0 Å². The largest absolute Gasteiger partial charge is 0.417 e. The molecule has 0 aliphatic carbocycles. The number of hydrogen-bond acceptors (Lipinski definition) is 0. The molecular formula is C15H8F8. The molecule has 0 fully saturated rings. The van der Waals surface area contributed by atoms with Gasteiger partial charge in [0.05, 0.1) is 11.1 Å². The quantitative estimate of drug-likeness (QED) is 0.600. The van der Waals surface area contributed by atoms with Crippen molar-refractivity contribution < 1.29 is 35.1 Å². The molecule has 0 amide bonds. The summed E-state index contributed by atoms with van der Waals surface area (Å²) in [6.45, 7) is 0. The van der Waals surface area contributed by atoms with E-state index < -0.39 is 40.5 Å². The van der Waals surface area contributed by atoms with E-state index in [0.29, 0.717) is 12.1 Å². The van der Waals surface area contributed by atoms with Crippen LogP contribution in [0.4, 0.5) is 35.1 Å². The third-order valence-electron chi connectivity index (χ3n) is 3.13. The Kier molecular flexibility index (Phi) is 4.13. The van der Waals surface area contributed by atoms with Gasteiger partial charge in [-0.1, -0.05) is 42.5 Å². The van der Waals surface area contributed by atoms with Crippen LogP contribution in [0.5, 0.6) is 0 Å². The molecule has 8 heteroatoms. The number of alkyl halides is 8. The Balaban J connectivity index is 2.78. The molecule has 2 aromatic rings. The molecule has 0 aliphatic rings. The van der Waals surface area contributed by atoms with Crippen LogP contribution in [0.25, 0.3) is 0 Å². The van der Waals surface area contributed by atoms with E-state index >= 15 is 0 Å². The topological polar surface area (TPSA) is 0 Å². The number of benzene rings is 2. The fraction of sp³-hybridized carbons (Fsp3) is 0.200. The third-order valence-corrected chi connectivity index (χ3v) is 3.13. The van der Waals surface area contributed by atoms with Gasteiger partial charge in [-0.3, -0.25) is 0 Å². The van der Waals surface area contributed by atoms with Gasteiger partial charge in [0, 0.05) is 11.1 Å². The van der Waals surface area contributed by atoms with Crippen LogP contribution in [0.1, 0.15) is 22.3 Å². The molecule has 23 heavy (non-hydrogen) atoms. The summed E-state index contributed by atoms with van der Waals surface area (Å²) in [4.78, 5) is 0. The molecule has 0 aromatic heterocycles. The van der Waals surface area contributed by atoms with Crippen molar-refractivity contribution in [3.63, 3.8) is 0 Å². The number of hydrogen-bond donors (Lipinski definition) is 0. The lowest BCUT2D eigenvalue weighted by molar-refractivity contribution is -0.164. The lowest BCUT2D eigenvalue weighted by Crippen LogP contribution is -2.25. The average molecular weight is 340 g/mol. The summed E-state index contributed by atoms with van der Waals surface area (Å²) in [5, 5.41) is 0. The molecule has 0 spiro atoms. The second-order valence-electron chi connectivity index (χ2n) is 4.66. The zero-order valence-electron chi connectivity index (χ0n) is 11.1. The van der Waals surface area contributed by atoms with Crippen LogP contribution in [-0.2, 0) is 18.3 Å². The summed E-state index contributed by atoms with van der Waals surface area (Å²) < 4.78 is 106. The number of halogens is 8. The van der Waals surface area contributed by atoms with Crippen molar-refractivity contribution in [2.24, 2.45) is 0 Å². The van der Waals surface area contributed by atoms with Crippen LogP contribution in [0.15, 0.2) is 48.5 Å².